The van der Waals surface area contributed by atoms with Crippen LogP contribution < -0.4 is 0 Å². The van der Waals surface area contributed by atoms with E-state index in [1.807, 2.05) is 54.2 Å². The molecule has 1 aromatic heterocycles. The highest BCUT2D eigenvalue weighted by Gasteiger charge is 2.14. The molecule has 0 bridgehead atoms. The molecule has 0 saturated carbocycles. The van der Waals surface area contributed by atoms with Gasteiger partial charge in [-0.15, -0.1) is 11.8 Å². The van der Waals surface area contributed by atoms with Crippen molar-refractivity contribution in [1.29, 1.82) is 0 Å². The van der Waals surface area contributed by atoms with Gasteiger partial charge in [0.25, 0.3) is 0 Å². The Balaban J connectivity index is 1.85. The summed E-state index contributed by atoms with van der Waals surface area (Å²) in [5, 5.41) is 1.47. The summed E-state index contributed by atoms with van der Waals surface area (Å²) in [5.41, 5.74) is 4.32. The summed E-state index contributed by atoms with van der Waals surface area (Å²) in [7, 11) is 0. The van der Waals surface area contributed by atoms with Crippen LogP contribution in [0.25, 0.3) is 22.4 Å². The van der Waals surface area contributed by atoms with Crippen molar-refractivity contribution in [2.75, 3.05) is 5.75 Å². The number of fused-ring (bicyclic) bond motifs is 1. The van der Waals surface area contributed by atoms with E-state index in [0.717, 1.165) is 50.2 Å². The molecule has 4 rings (SSSR count). The number of benzene rings is 3. The van der Waals surface area contributed by atoms with E-state index >= 15 is 0 Å². The quantitative estimate of drug-likeness (QED) is 0.296. The molecule has 28 heavy (non-hydrogen) atoms. The van der Waals surface area contributed by atoms with Gasteiger partial charge in [0, 0.05) is 27.0 Å². The van der Waals surface area contributed by atoms with Crippen LogP contribution in [-0.4, -0.2) is 15.3 Å². The smallest absolute Gasteiger partial charge is 0.141 e. The van der Waals surface area contributed by atoms with Gasteiger partial charge in [-0.25, -0.2) is 4.98 Å². The van der Waals surface area contributed by atoms with Gasteiger partial charge < -0.3 is 4.57 Å². The lowest BCUT2D eigenvalue weighted by Crippen LogP contribution is -2.02. The normalized spacial score (nSPS) is 11.2. The minimum Gasteiger partial charge on any atom is -0.319 e. The highest BCUT2D eigenvalue weighted by atomic mass is 35.5. The van der Waals surface area contributed by atoms with Crippen LogP contribution in [0.3, 0.4) is 0 Å². The van der Waals surface area contributed by atoms with Crippen LogP contribution >= 0.6 is 35.0 Å². The molecule has 0 unspecified atom stereocenters. The van der Waals surface area contributed by atoms with Crippen LogP contribution in [0.5, 0.6) is 0 Å². The van der Waals surface area contributed by atoms with E-state index in [-0.39, 0.29) is 0 Å². The summed E-state index contributed by atoms with van der Waals surface area (Å²) in [5.74, 6) is 2.04. The second-order valence-corrected chi connectivity index (χ2v) is 8.70. The number of halogens is 2. The molecule has 3 aromatic carbocycles. The lowest BCUT2D eigenvalue weighted by Gasteiger charge is -2.11. The number of thioether (sulfide) groups is 1. The standard InChI is InChI=1S/C23H20Cl2N2S/c1-2-12-28-20-10-11-21-22(14-20)27(15-16-4-3-5-19(25)13-16)23(26-21)17-6-8-18(24)9-7-17/h3-11,13-14H,2,12,15H2,1H3. The van der Waals surface area contributed by atoms with Gasteiger partial charge in [-0.05, 0) is 72.3 Å². The third-order valence-electron chi connectivity index (χ3n) is 4.52. The summed E-state index contributed by atoms with van der Waals surface area (Å²) in [6.07, 6.45) is 1.15. The molecular weight excluding hydrogens is 407 g/mol. The maximum Gasteiger partial charge on any atom is 0.141 e. The first-order chi connectivity index (χ1) is 13.6. The van der Waals surface area contributed by atoms with Crippen molar-refractivity contribution in [2.24, 2.45) is 0 Å². The zero-order valence-corrected chi connectivity index (χ0v) is 17.9. The largest absolute Gasteiger partial charge is 0.319 e. The molecule has 0 amide bonds. The molecule has 2 nitrogen and oxygen atoms in total. The highest BCUT2D eigenvalue weighted by molar-refractivity contribution is 7.99. The Morgan fingerprint density at radius 1 is 0.929 bits per heavy atom. The average molecular weight is 427 g/mol. The Hall–Kier alpha value is -1.94. The van der Waals surface area contributed by atoms with Crippen LogP contribution in [0.1, 0.15) is 18.9 Å². The van der Waals surface area contributed by atoms with Crippen LogP contribution in [0, 0.1) is 0 Å². The molecule has 0 aliphatic carbocycles. The number of hydrogen-bond acceptors (Lipinski definition) is 2. The fourth-order valence-corrected chi connectivity index (χ4v) is 4.35. The highest BCUT2D eigenvalue weighted by Crippen LogP contribution is 2.30. The van der Waals surface area contributed by atoms with Crippen molar-refractivity contribution in [2.45, 2.75) is 24.8 Å². The predicted octanol–water partition coefficient (Wildman–Crippen LogP) is 7.56. The second kappa shape index (κ2) is 8.60. The van der Waals surface area contributed by atoms with Crippen molar-refractivity contribution in [3.05, 3.63) is 82.3 Å². The maximum absolute atomic E-state index is 6.22. The molecule has 0 aliphatic rings. The van der Waals surface area contributed by atoms with E-state index < -0.39 is 0 Å². The lowest BCUT2D eigenvalue weighted by atomic mass is 10.2. The lowest BCUT2D eigenvalue weighted by molar-refractivity contribution is 0.833. The molecule has 5 heteroatoms. The zero-order valence-electron chi connectivity index (χ0n) is 15.5. The molecule has 0 aliphatic heterocycles. The molecule has 4 aromatic rings. The molecular formula is C23H20Cl2N2S. The summed E-state index contributed by atoms with van der Waals surface area (Å²) in [6, 6.07) is 22.4. The molecule has 142 valence electrons. The van der Waals surface area contributed by atoms with Crippen LogP contribution in [-0.2, 0) is 6.54 Å². The summed E-state index contributed by atoms with van der Waals surface area (Å²) < 4.78 is 2.26. The van der Waals surface area contributed by atoms with E-state index in [0.29, 0.717) is 6.54 Å². The fraction of sp³-hybridized carbons (Fsp3) is 0.174. The van der Waals surface area contributed by atoms with E-state index in [1.165, 1.54) is 4.90 Å². The van der Waals surface area contributed by atoms with Gasteiger partial charge in [0.15, 0.2) is 0 Å². The van der Waals surface area contributed by atoms with Crippen molar-refractivity contribution in [3.8, 4) is 11.4 Å². The Morgan fingerprint density at radius 3 is 2.50 bits per heavy atom. The fourth-order valence-electron chi connectivity index (χ4n) is 3.21. The molecule has 1 heterocycles. The third kappa shape index (κ3) is 4.22. The van der Waals surface area contributed by atoms with Gasteiger partial charge in [-0.1, -0.05) is 42.3 Å². The van der Waals surface area contributed by atoms with Gasteiger partial charge in [0.1, 0.15) is 5.82 Å². The van der Waals surface area contributed by atoms with E-state index in [4.69, 9.17) is 28.2 Å². The van der Waals surface area contributed by atoms with Gasteiger partial charge in [0.05, 0.1) is 11.0 Å². The number of hydrogen-bond donors (Lipinski definition) is 0. The van der Waals surface area contributed by atoms with Crippen molar-refractivity contribution in [3.63, 3.8) is 0 Å². The van der Waals surface area contributed by atoms with Crippen LogP contribution in [0.15, 0.2) is 71.6 Å². The summed E-state index contributed by atoms with van der Waals surface area (Å²) >= 11 is 14.2. The molecule has 0 atom stereocenters. The van der Waals surface area contributed by atoms with Crippen molar-refractivity contribution < 1.29 is 0 Å². The molecule has 0 saturated heterocycles. The first kappa shape index (κ1) is 19.4. The predicted molar refractivity (Wildman–Crippen MR) is 122 cm³/mol. The van der Waals surface area contributed by atoms with E-state index in [9.17, 15) is 0 Å². The minimum atomic E-state index is 0.705. The van der Waals surface area contributed by atoms with Gasteiger partial charge >= 0.3 is 0 Å². The van der Waals surface area contributed by atoms with Crippen LogP contribution in [0.2, 0.25) is 10.0 Å². The Kier molecular flexibility index (Phi) is 5.96. The van der Waals surface area contributed by atoms with Crippen LogP contribution in [0.4, 0.5) is 0 Å². The molecule has 0 radical (unpaired) electrons. The Morgan fingerprint density at radius 2 is 1.75 bits per heavy atom. The average Bonchev–Trinajstić information content (AvgIpc) is 3.05. The SMILES string of the molecule is CCCSc1ccc2nc(-c3ccc(Cl)cc3)n(Cc3cccc(Cl)c3)c2c1. The zero-order chi connectivity index (χ0) is 19.5. The van der Waals surface area contributed by atoms with Gasteiger partial charge in [-0.2, -0.15) is 0 Å². The van der Waals surface area contributed by atoms with E-state index in [2.05, 4.69) is 35.8 Å². The molecule has 0 spiro atoms. The number of aromatic nitrogens is 2. The number of imidazole rings is 1. The summed E-state index contributed by atoms with van der Waals surface area (Å²) in [6.45, 7) is 2.91. The summed E-state index contributed by atoms with van der Waals surface area (Å²) in [4.78, 5) is 6.20. The number of nitrogens with zero attached hydrogens (tertiary/aromatic N) is 2. The first-order valence-corrected chi connectivity index (χ1v) is 11.0. The van der Waals surface area contributed by atoms with Gasteiger partial charge in [-0.3, -0.25) is 0 Å². The topological polar surface area (TPSA) is 17.8 Å². The minimum absolute atomic E-state index is 0.705. The molecule has 0 N–H and O–H groups in total. The number of rotatable bonds is 6. The monoisotopic (exact) mass is 426 g/mol. The maximum atomic E-state index is 6.22. The van der Waals surface area contributed by atoms with Crippen molar-refractivity contribution >= 4 is 46.0 Å². The molecule has 0 fully saturated rings. The first-order valence-electron chi connectivity index (χ1n) is 9.27. The van der Waals surface area contributed by atoms with E-state index in [1.54, 1.807) is 0 Å². The Labute approximate surface area is 179 Å². The van der Waals surface area contributed by atoms with Crippen molar-refractivity contribution in [1.82, 2.24) is 9.55 Å². The Bertz CT molecular complexity index is 1100. The second-order valence-electron chi connectivity index (χ2n) is 6.66. The third-order valence-corrected chi connectivity index (χ3v) is 6.21. The van der Waals surface area contributed by atoms with Gasteiger partial charge in [0.2, 0.25) is 0 Å².